The van der Waals surface area contributed by atoms with Gasteiger partial charge in [0.25, 0.3) is 0 Å². The van der Waals surface area contributed by atoms with Crippen LogP contribution in [-0.2, 0) is 9.84 Å². The summed E-state index contributed by atoms with van der Waals surface area (Å²) in [4.78, 5) is 2.50. The zero-order chi connectivity index (χ0) is 14.2. The summed E-state index contributed by atoms with van der Waals surface area (Å²) in [7, 11) is -1.26. The number of anilines is 1. The molecule has 2 rings (SSSR count). The standard InChI is InChI=1S/C13H19BrN2O2S/c1-9-6-11(14)13-12(7-9)19(17,18)8-10(16(13)2)4-3-5-15/h6-7,10H,3-5,8,15H2,1-2H3. The molecule has 0 spiro atoms. The van der Waals surface area contributed by atoms with Crippen LogP contribution in [0.25, 0.3) is 0 Å². The molecule has 0 aromatic heterocycles. The van der Waals surface area contributed by atoms with Gasteiger partial charge in [0, 0.05) is 17.6 Å². The lowest BCUT2D eigenvalue weighted by molar-refractivity contribution is 0.548. The molecule has 1 aliphatic rings. The van der Waals surface area contributed by atoms with E-state index in [1.807, 2.05) is 20.0 Å². The van der Waals surface area contributed by atoms with Gasteiger partial charge in [0.1, 0.15) is 0 Å². The van der Waals surface area contributed by atoms with Crippen molar-refractivity contribution < 1.29 is 8.42 Å². The van der Waals surface area contributed by atoms with Crippen molar-refractivity contribution in [1.82, 2.24) is 0 Å². The number of nitrogens with two attached hydrogens (primary N) is 1. The number of hydrogen-bond acceptors (Lipinski definition) is 4. The predicted octanol–water partition coefficient (Wildman–Crippen LogP) is 2.09. The van der Waals surface area contributed by atoms with Crippen molar-refractivity contribution in [1.29, 1.82) is 0 Å². The third-order valence-electron chi connectivity index (χ3n) is 3.56. The number of aryl methyl sites for hydroxylation is 1. The van der Waals surface area contributed by atoms with Crippen LogP contribution >= 0.6 is 15.9 Å². The van der Waals surface area contributed by atoms with Crippen LogP contribution in [0, 0.1) is 6.92 Å². The summed E-state index contributed by atoms with van der Waals surface area (Å²) in [5.41, 5.74) is 7.25. The SMILES string of the molecule is Cc1cc(Br)c2c(c1)S(=O)(=O)CC(CCCN)N2C. The Balaban J connectivity index is 2.51. The quantitative estimate of drug-likeness (QED) is 0.910. The highest BCUT2D eigenvalue weighted by Gasteiger charge is 2.34. The molecule has 1 aromatic rings. The second-order valence-electron chi connectivity index (χ2n) is 5.07. The molecule has 0 amide bonds. The number of fused-ring (bicyclic) bond motifs is 1. The van der Waals surface area contributed by atoms with Crippen molar-refractivity contribution in [2.24, 2.45) is 5.73 Å². The molecule has 19 heavy (non-hydrogen) atoms. The van der Waals surface area contributed by atoms with E-state index in [4.69, 9.17) is 5.73 Å². The number of benzene rings is 1. The summed E-state index contributed by atoms with van der Waals surface area (Å²) in [5.74, 6) is 0.173. The zero-order valence-corrected chi connectivity index (χ0v) is 13.6. The van der Waals surface area contributed by atoms with E-state index in [-0.39, 0.29) is 11.8 Å². The Hall–Kier alpha value is -0.590. The lowest BCUT2D eigenvalue weighted by atomic mass is 10.1. The van der Waals surface area contributed by atoms with E-state index >= 15 is 0 Å². The smallest absolute Gasteiger partial charge is 0.182 e. The third-order valence-corrected chi connectivity index (χ3v) is 5.97. The van der Waals surface area contributed by atoms with Crippen molar-refractivity contribution in [3.8, 4) is 0 Å². The van der Waals surface area contributed by atoms with E-state index in [1.165, 1.54) is 0 Å². The fraction of sp³-hybridized carbons (Fsp3) is 0.538. The van der Waals surface area contributed by atoms with E-state index in [2.05, 4.69) is 20.8 Å². The number of nitrogens with zero attached hydrogens (tertiary/aromatic N) is 1. The van der Waals surface area contributed by atoms with Gasteiger partial charge in [-0.3, -0.25) is 0 Å². The molecule has 0 fully saturated rings. The molecular weight excluding hydrogens is 328 g/mol. The zero-order valence-electron chi connectivity index (χ0n) is 11.2. The first-order valence-electron chi connectivity index (χ1n) is 6.32. The van der Waals surface area contributed by atoms with Gasteiger partial charge in [-0.15, -0.1) is 0 Å². The molecule has 0 bridgehead atoms. The molecule has 1 aliphatic heterocycles. The average molecular weight is 347 g/mol. The Morgan fingerprint density at radius 3 is 2.79 bits per heavy atom. The van der Waals surface area contributed by atoms with Gasteiger partial charge in [0.15, 0.2) is 9.84 Å². The fourth-order valence-electron chi connectivity index (χ4n) is 2.55. The Kier molecular flexibility index (Phi) is 4.23. The van der Waals surface area contributed by atoms with Gasteiger partial charge in [-0.2, -0.15) is 0 Å². The predicted molar refractivity (Wildman–Crippen MR) is 81.4 cm³/mol. The van der Waals surface area contributed by atoms with Gasteiger partial charge in [0.2, 0.25) is 0 Å². The molecular formula is C13H19BrN2O2S. The number of hydrogen-bond donors (Lipinski definition) is 1. The largest absolute Gasteiger partial charge is 0.369 e. The first-order valence-corrected chi connectivity index (χ1v) is 8.77. The minimum atomic E-state index is -3.21. The third kappa shape index (κ3) is 2.80. The van der Waals surface area contributed by atoms with Crippen molar-refractivity contribution in [2.75, 3.05) is 24.2 Å². The summed E-state index contributed by atoms with van der Waals surface area (Å²) >= 11 is 3.49. The van der Waals surface area contributed by atoms with Crippen LogP contribution in [0.15, 0.2) is 21.5 Å². The lowest BCUT2D eigenvalue weighted by Crippen LogP contribution is -2.42. The average Bonchev–Trinajstić information content (AvgIpc) is 2.31. The molecule has 4 nitrogen and oxygen atoms in total. The molecule has 1 heterocycles. The fourth-order valence-corrected chi connectivity index (χ4v) is 5.53. The maximum atomic E-state index is 12.4. The number of sulfone groups is 1. The van der Waals surface area contributed by atoms with Gasteiger partial charge in [0.05, 0.1) is 16.3 Å². The molecule has 1 aromatic carbocycles. The van der Waals surface area contributed by atoms with Crippen molar-refractivity contribution >= 4 is 31.5 Å². The van der Waals surface area contributed by atoms with Crippen LogP contribution in [0.3, 0.4) is 0 Å². The van der Waals surface area contributed by atoms with Crippen LogP contribution in [0.4, 0.5) is 5.69 Å². The Morgan fingerprint density at radius 1 is 1.47 bits per heavy atom. The van der Waals surface area contributed by atoms with E-state index in [9.17, 15) is 8.42 Å². The van der Waals surface area contributed by atoms with Gasteiger partial charge in [-0.1, -0.05) is 0 Å². The molecule has 0 radical (unpaired) electrons. The van der Waals surface area contributed by atoms with Crippen LogP contribution in [0.1, 0.15) is 18.4 Å². The second kappa shape index (κ2) is 5.42. The molecule has 1 atom stereocenters. The first-order chi connectivity index (χ1) is 8.86. The highest BCUT2D eigenvalue weighted by Crippen LogP contribution is 2.40. The van der Waals surface area contributed by atoms with Crippen LogP contribution in [0.5, 0.6) is 0 Å². The summed E-state index contributed by atoms with van der Waals surface area (Å²) in [6.45, 7) is 2.49. The summed E-state index contributed by atoms with van der Waals surface area (Å²) < 4.78 is 25.7. The molecule has 2 N–H and O–H groups in total. The van der Waals surface area contributed by atoms with Gasteiger partial charge in [-0.05, 0) is 59.9 Å². The molecule has 0 saturated carbocycles. The van der Waals surface area contributed by atoms with E-state index < -0.39 is 9.84 Å². The molecule has 0 saturated heterocycles. The van der Waals surface area contributed by atoms with Gasteiger partial charge < -0.3 is 10.6 Å². The number of rotatable bonds is 3. The summed E-state index contributed by atoms with van der Waals surface area (Å²) in [6, 6.07) is 3.71. The maximum Gasteiger partial charge on any atom is 0.182 e. The van der Waals surface area contributed by atoms with Crippen LogP contribution < -0.4 is 10.6 Å². The maximum absolute atomic E-state index is 12.4. The van der Waals surface area contributed by atoms with Gasteiger partial charge in [-0.25, -0.2) is 8.42 Å². The van der Waals surface area contributed by atoms with Crippen molar-refractivity contribution in [2.45, 2.75) is 30.7 Å². The lowest BCUT2D eigenvalue weighted by Gasteiger charge is -2.36. The highest BCUT2D eigenvalue weighted by atomic mass is 79.9. The monoisotopic (exact) mass is 346 g/mol. The highest BCUT2D eigenvalue weighted by molar-refractivity contribution is 9.10. The normalized spacial score (nSPS) is 21.3. The Morgan fingerprint density at radius 2 is 2.16 bits per heavy atom. The molecule has 0 aliphatic carbocycles. The van der Waals surface area contributed by atoms with Crippen molar-refractivity contribution in [3.63, 3.8) is 0 Å². The summed E-state index contributed by atoms with van der Waals surface area (Å²) in [5, 5.41) is 0. The first kappa shape index (κ1) is 14.8. The van der Waals surface area contributed by atoms with Gasteiger partial charge >= 0.3 is 0 Å². The second-order valence-corrected chi connectivity index (χ2v) is 7.93. The molecule has 6 heteroatoms. The van der Waals surface area contributed by atoms with E-state index in [0.717, 1.165) is 28.6 Å². The minimum Gasteiger partial charge on any atom is -0.369 e. The summed E-state index contributed by atoms with van der Waals surface area (Å²) in [6.07, 6.45) is 1.63. The van der Waals surface area contributed by atoms with E-state index in [0.29, 0.717) is 11.4 Å². The van der Waals surface area contributed by atoms with E-state index in [1.54, 1.807) is 6.07 Å². The minimum absolute atomic E-state index is 0.0000520. The Labute approximate surface area is 123 Å². The molecule has 106 valence electrons. The topological polar surface area (TPSA) is 63.4 Å². The van der Waals surface area contributed by atoms with Crippen molar-refractivity contribution in [3.05, 3.63) is 22.2 Å². The van der Waals surface area contributed by atoms with Crippen LogP contribution in [-0.4, -0.2) is 33.8 Å². The Bertz CT molecular complexity index is 587. The molecule has 1 unspecified atom stereocenters. The van der Waals surface area contributed by atoms with Crippen LogP contribution in [0.2, 0.25) is 0 Å². The number of halogens is 1.